The molecule has 6 N–H and O–H groups in total. The summed E-state index contributed by atoms with van der Waals surface area (Å²) < 4.78 is 3.66. The highest BCUT2D eigenvalue weighted by atomic mass is 32.2. The molecule has 3 aromatic heterocycles. The number of carbonyl (C=O) groups excluding carboxylic acids is 3. The van der Waals surface area contributed by atoms with E-state index in [1.807, 2.05) is 104 Å². The molecule has 8 rings (SSSR count). The predicted octanol–water partition coefficient (Wildman–Crippen LogP) is 9.28. The molecule has 0 unspecified atom stereocenters. The van der Waals surface area contributed by atoms with Crippen LogP contribution < -0.4 is 16.0 Å². The smallest absolute Gasteiger partial charge is 0.345 e. The quantitative estimate of drug-likeness (QED) is 0.0626. The first-order chi connectivity index (χ1) is 30.9. The molecule has 1 aliphatic rings. The van der Waals surface area contributed by atoms with Crippen LogP contribution in [0.2, 0.25) is 0 Å². The van der Waals surface area contributed by atoms with Gasteiger partial charge in [-0.05, 0) is 122 Å². The van der Waals surface area contributed by atoms with Gasteiger partial charge >= 0.3 is 12.1 Å². The monoisotopic (exact) mass is 875 g/mol. The van der Waals surface area contributed by atoms with Crippen LogP contribution in [0.25, 0.3) is 34.0 Å². The maximum absolute atomic E-state index is 14.3. The van der Waals surface area contributed by atoms with Gasteiger partial charge < -0.3 is 30.7 Å². The molecule has 1 fully saturated rings. The van der Waals surface area contributed by atoms with Gasteiger partial charge in [0.2, 0.25) is 0 Å². The fourth-order valence-corrected chi connectivity index (χ4v) is 9.20. The molecule has 0 radical (unpaired) electrons. The number of urea groups is 1. The van der Waals surface area contributed by atoms with E-state index in [0.29, 0.717) is 47.0 Å². The number of aromatic hydroxyl groups is 2. The van der Waals surface area contributed by atoms with Crippen molar-refractivity contribution in [2.75, 3.05) is 25.0 Å². The van der Waals surface area contributed by atoms with Crippen LogP contribution in [-0.2, 0) is 6.54 Å². The minimum Gasteiger partial charge on any atom is -0.508 e. The summed E-state index contributed by atoms with van der Waals surface area (Å²) in [6, 6.07) is 28.0. The van der Waals surface area contributed by atoms with E-state index < -0.39 is 6.03 Å². The number of anilines is 1. The number of aryl methyl sites for hydroxylation is 1. The molecular weight excluding hydrogens is 827 g/mol. The maximum Gasteiger partial charge on any atom is 0.345 e. The number of pyridine rings is 1. The van der Waals surface area contributed by atoms with Gasteiger partial charge in [0.25, 0.3) is 5.91 Å². The number of aromatic nitrogens is 4. The second-order valence-corrected chi connectivity index (χ2v) is 17.2. The normalized spacial score (nSPS) is 13.3. The molecule has 4 heterocycles. The number of rotatable bonds is 11. The number of hydrogen-bond donors (Lipinski definition) is 5. The number of phenols is 2. The number of nitrogens with zero attached hydrogens (tertiary/aromatic N) is 6. The second kappa shape index (κ2) is 18.5. The molecule has 0 aliphatic carbocycles. The van der Waals surface area contributed by atoms with Gasteiger partial charge in [-0.2, -0.15) is 9.78 Å². The summed E-state index contributed by atoms with van der Waals surface area (Å²) >= 11 is 1.46. The molecular formula is C49H49N9O5S. The highest BCUT2D eigenvalue weighted by Crippen LogP contribution is 2.36. The summed E-state index contributed by atoms with van der Waals surface area (Å²) in [6.07, 6.45) is 10.0. The zero-order chi connectivity index (χ0) is 45.1. The first-order valence-corrected chi connectivity index (χ1v) is 21.9. The third-order valence-corrected chi connectivity index (χ3v) is 12.8. The number of benzene rings is 4. The number of primary amides is 1. The summed E-state index contributed by atoms with van der Waals surface area (Å²) in [4.78, 5) is 48.7. The number of likely N-dealkylation sites (tertiary alicyclic amines) is 1. The van der Waals surface area contributed by atoms with Crippen LogP contribution in [0, 0.1) is 11.3 Å². The molecule has 7 aromatic rings. The van der Waals surface area contributed by atoms with E-state index >= 15 is 0 Å². The number of carbonyl (C=O) groups is 3. The molecule has 1 aliphatic heterocycles. The minimum absolute atomic E-state index is 0.0767. The van der Waals surface area contributed by atoms with Crippen LogP contribution in [0.15, 0.2) is 119 Å². The number of phenolic OH excluding ortho intramolecular Hbond substituents is 2. The average molecular weight is 876 g/mol. The van der Waals surface area contributed by atoms with E-state index in [9.17, 15) is 24.6 Å². The summed E-state index contributed by atoms with van der Waals surface area (Å²) in [5, 5.41) is 39.1. The van der Waals surface area contributed by atoms with Crippen LogP contribution in [-0.4, -0.2) is 78.4 Å². The first-order valence-electron chi connectivity index (χ1n) is 21.1. The summed E-state index contributed by atoms with van der Waals surface area (Å²) in [7, 11) is 1.61. The Morgan fingerprint density at radius 2 is 1.70 bits per heavy atom. The van der Waals surface area contributed by atoms with Gasteiger partial charge in [-0.25, -0.2) is 14.5 Å². The molecule has 1 saturated heterocycles. The van der Waals surface area contributed by atoms with Crippen LogP contribution >= 0.6 is 11.8 Å². The van der Waals surface area contributed by atoms with Gasteiger partial charge in [-0.1, -0.05) is 43.8 Å². The number of fused-ring (bicyclic) bond motifs is 2. The van der Waals surface area contributed by atoms with E-state index in [1.54, 1.807) is 31.4 Å². The second-order valence-electron chi connectivity index (χ2n) is 16.1. The molecule has 0 atom stereocenters. The van der Waals surface area contributed by atoms with Crippen molar-refractivity contribution in [1.29, 1.82) is 5.41 Å². The topological polar surface area (TPSA) is 196 Å². The van der Waals surface area contributed by atoms with E-state index in [-0.39, 0.29) is 40.8 Å². The van der Waals surface area contributed by atoms with Crippen molar-refractivity contribution < 1.29 is 24.6 Å². The zero-order valence-corrected chi connectivity index (χ0v) is 36.5. The SMILES string of the molecule is CNC(=O)c1ccccc1Sc1ccc2c(/C=C/c3ccccn3)nn(C(=O)N3CCC(CCn4ccc5cc(N(C(=N)c6cc(C(C)C)c(O)cc6O)C(N)=O)ccc54)CC3)c2c1. The molecule has 4 amide bonds. The Balaban J connectivity index is 0.960. The first kappa shape index (κ1) is 43.3. The van der Waals surface area contributed by atoms with Gasteiger partial charge in [0, 0.05) is 71.2 Å². The van der Waals surface area contributed by atoms with Crippen molar-refractivity contribution in [1.82, 2.24) is 29.5 Å². The lowest BCUT2D eigenvalue weighted by molar-refractivity contribution is 0.0960. The molecule has 0 spiro atoms. The fourth-order valence-electron chi connectivity index (χ4n) is 8.22. The predicted molar refractivity (Wildman–Crippen MR) is 251 cm³/mol. The van der Waals surface area contributed by atoms with Crippen molar-refractivity contribution in [3.05, 3.63) is 138 Å². The van der Waals surface area contributed by atoms with Crippen molar-refractivity contribution in [2.24, 2.45) is 11.7 Å². The van der Waals surface area contributed by atoms with Crippen molar-refractivity contribution in [2.45, 2.75) is 55.4 Å². The van der Waals surface area contributed by atoms with E-state index in [1.165, 1.54) is 28.6 Å². The maximum atomic E-state index is 14.3. The number of nitrogens with two attached hydrogens (primary N) is 1. The van der Waals surface area contributed by atoms with Crippen molar-refractivity contribution >= 4 is 75.2 Å². The van der Waals surface area contributed by atoms with Gasteiger partial charge in [-0.3, -0.25) is 15.2 Å². The van der Waals surface area contributed by atoms with Crippen LogP contribution in [0.1, 0.15) is 71.9 Å². The Labute approximate surface area is 374 Å². The Morgan fingerprint density at radius 3 is 2.44 bits per heavy atom. The minimum atomic E-state index is -0.879. The Bertz CT molecular complexity index is 2930. The summed E-state index contributed by atoms with van der Waals surface area (Å²) in [5.74, 6) is -0.604. The lowest BCUT2D eigenvalue weighted by Gasteiger charge is -2.32. The Hall–Kier alpha value is -7.39. The number of amides is 4. The fraction of sp³-hybridized carbons (Fsp3) is 0.224. The lowest BCUT2D eigenvalue weighted by atomic mass is 9.93. The highest BCUT2D eigenvalue weighted by molar-refractivity contribution is 7.99. The average Bonchev–Trinajstić information content (AvgIpc) is 3.88. The molecule has 14 nitrogen and oxygen atoms in total. The third kappa shape index (κ3) is 8.93. The Morgan fingerprint density at radius 1 is 0.922 bits per heavy atom. The van der Waals surface area contributed by atoms with Crippen LogP contribution in [0.5, 0.6) is 11.5 Å². The van der Waals surface area contributed by atoms with Crippen molar-refractivity contribution in [3.8, 4) is 11.5 Å². The third-order valence-electron chi connectivity index (χ3n) is 11.7. The van der Waals surface area contributed by atoms with Gasteiger partial charge in [-0.15, -0.1) is 0 Å². The number of nitrogens with one attached hydrogen (secondary N) is 2. The lowest BCUT2D eigenvalue weighted by Crippen LogP contribution is -2.41. The standard InChI is InChI=1S/C49H49N9O5S/c1-30(2)38-28-39(44(60)29-43(38)59)46(50)57(48(51)62)34-12-16-41-32(26-34)20-25-55(41)22-17-31-18-23-56(24-19-31)49(63)58-42-27-35(64-45-10-5-4-9-37(45)47(61)52-3)13-14-36(42)40(54-58)15-11-33-8-6-7-21-53-33/h4-16,20-21,25-31,50,59-60H,17-19,22-24H2,1-3H3,(H2,51,62)(H,52,61)/b15-11+,50-46?. The van der Waals surface area contributed by atoms with Crippen molar-refractivity contribution in [3.63, 3.8) is 0 Å². The highest BCUT2D eigenvalue weighted by Gasteiger charge is 2.28. The van der Waals surface area contributed by atoms with E-state index in [2.05, 4.69) is 14.9 Å². The van der Waals surface area contributed by atoms with Gasteiger partial charge in [0.15, 0.2) is 0 Å². The number of amidine groups is 1. The summed E-state index contributed by atoms with van der Waals surface area (Å²) in [5.41, 5.74) is 10.4. The van der Waals surface area contributed by atoms with E-state index in [4.69, 9.17) is 16.2 Å². The molecule has 4 aromatic carbocycles. The Kier molecular flexibility index (Phi) is 12.5. The van der Waals surface area contributed by atoms with Gasteiger partial charge in [0.1, 0.15) is 17.3 Å². The number of hydrogen-bond acceptors (Lipinski definition) is 9. The van der Waals surface area contributed by atoms with E-state index in [0.717, 1.165) is 62.5 Å². The number of piperidine rings is 1. The molecule has 0 bridgehead atoms. The van der Waals surface area contributed by atoms with Gasteiger partial charge in [0.05, 0.1) is 33.7 Å². The molecule has 15 heteroatoms. The molecule has 0 saturated carbocycles. The summed E-state index contributed by atoms with van der Waals surface area (Å²) in [6.45, 7) is 5.67. The van der Waals surface area contributed by atoms with Crippen LogP contribution in [0.3, 0.4) is 0 Å². The van der Waals surface area contributed by atoms with Crippen LogP contribution in [0.4, 0.5) is 15.3 Å². The molecule has 64 heavy (non-hydrogen) atoms. The zero-order valence-electron chi connectivity index (χ0n) is 35.7. The largest absolute Gasteiger partial charge is 0.508 e. The molecule has 326 valence electrons.